The third kappa shape index (κ3) is 3.76. The lowest BCUT2D eigenvalue weighted by Gasteiger charge is -2.12. The highest BCUT2D eigenvalue weighted by atomic mass is 32.2. The van der Waals surface area contributed by atoms with Crippen LogP contribution in [-0.4, -0.2) is 18.4 Å². The summed E-state index contributed by atoms with van der Waals surface area (Å²) < 4.78 is 5.93. The van der Waals surface area contributed by atoms with E-state index in [2.05, 4.69) is 11.6 Å². The zero-order valence-corrected chi connectivity index (χ0v) is 12.5. The van der Waals surface area contributed by atoms with Crippen LogP contribution in [0.2, 0.25) is 0 Å². The molecule has 0 saturated heterocycles. The largest absolute Gasteiger partial charge is 0.457 e. The topological polar surface area (TPSA) is 41.5 Å². The summed E-state index contributed by atoms with van der Waals surface area (Å²) >= 11 is 1.71. The zero-order valence-electron chi connectivity index (χ0n) is 11.7. The molecule has 2 rings (SSSR count). The maximum atomic E-state index is 9.21. The van der Waals surface area contributed by atoms with Gasteiger partial charge in [-0.05, 0) is 55.3 Å². The molecule has 0 unspecified atom stereocenters. The van der Waals surface area contributed by atoms with Crippen LogP contribution in [0.4, 0.5) is 0 Å². The lowest BCUT2D eigenvalue weighted by atomic mass is 10.1. The summed E-state index contributed by atoms with van der Waals surface area (Å²) in [6.45, 7) is 0.742. The van der Waals surface area contributed by atoms with Crippen molar-refractivity contribution in [1.29, 1.82) is 0 Å². The van der Waals surface area contributed by atoms with Gasteiger partial charge in [-0.1, -0.05) is 6.07 Å². The number of benzene rings is 2. The molecule has 2 aromatic rings. The molecule has 0 aliphatic carbocycles. The fourth-order valence-corrected chi connectivity index (χ4v) is 2.34. The number of nitrogens with one attached hydrogen (secondary N) is 1. The third-order valence-corrected chi connectivity index (χ3v) is 3.71. The molecule has 0 aromatic heterocycles. The first-order chi connectivity index (χ1) is 9.76. The van der Waals surface area contributed by atoms with Crippen molar-refractivity contribution in [3.8, 4) is 11.5 Å². The monoisotopic (exact) mass is 289 g/mol. The van der Waals surface area contributed by atoms with E-state index in [1.165, 1.54) is 4.90 Å². The first-order valence-corrected chi connectivity index (χ1v) is 7.68. The molecule has 20 heavy (non-hydrogen) atoms. The van der Waals surface area contributed by atoms with Gasteiger partial charge >= 0.3 is 0 Å². The van der Waals surface area contributed by atoms with Gasteiger partial charge in [-0.25, -0.2) is 0 Å². The standard InChI is InChI=1S/C16H19NO2S/c1-17-10-13-9-12(11-18)3-8-16(13)19-14-4-6-15(20-2)7-5-14/h3-9,17-18H,10-11H2,1-2H3. The smallest absolute Gasteiger partial charge is 0.131 e. The third-order valence-electron chi connectivity index (χ3n) is 2.96. The van der Waals surface area contributed by atoms with Crippen molar-refractivity contribution in [3.63, 3.8) is 0 Å². The molecule has 0 radical (unpaired) electrons. The Hall–Kier alpha value is -1.49. The Morgan fingerprint density at radius 3 is 2.50 bits per heavy atom. The Balaban J connectivity index is 2.22. The molecule has 0 aliphatic rings. The second-order valence-corrected chi connectivity index (χ2v) is 5.29. The lowest BCUT2D eigenvalue weighted by Crippen LogP contribution is -2.07. The normalized spacial score (nSPS) is 10.6. The molecular weight excluding hydrogens is 270 g/mol. The molecule has 106 valence electrons. The van der Waals surface area contributed by atoms with Crippen LogP contribution < -0.4 is 10.1 Å². The number of hydrogen-bond donors (Lipinski definition) is 2. The average Bonchev–Trinajstić information content (AvgIpc) is 2.50. The van der Waals surface area contributed by atoms with Crippen LogP contribution >= 0.6 is 11.8 Å². The van der Waals surface area contributed by atoms with E-state index in [1.54, 1.807) is 11.8 Å². The van der Waals surface area contributed by atoms with Gasteiger partial charge in [0, 0.05) is 17.0 Å². The van der Waals surface area contributed by atoms with Crippen molar-refractivity contribution in [2.45, 2.75) is 18.0 Å². The van der Waals surface area contributed by atoms with Gasteiger partial charge in [0.25, 0.3) is 0 Å². The summed E-state index contributed by atoms with van der Waals surface area (Å²) in [5.41, 5.74) is 1.92. The van der Waals surface area contributed by atoms with Crippen molar-refractivity contribution in [1.82, 2.24) is 5.32 Å². The molecule has 4 heteroatoms. The molecule has 2 N–H and O–H groups in total. The van der Waals surface area contributed by atoms with Gasteiger partial charge in [-0.15, -0.1) is 11.8 Å². The first-order valence-electron chi connectivity index (χ1n) is 6.46. The van der Waals surface area contributed by atoms with E-state index in [0.29, 0.717) is 6.54 Å². The lowest BCUT2D eigenvalue weighted by molar-refractivity contribution is 0.281. The Morgan fingerprint density at radius 2 is 1.90 bits per heavy atom. The molecule has 0 aliphatic heterocycles. The minimum absolute atomic E-state index is 0.0411. The molecule has 0 bridgehead atoms. The van der Waals surface area contributed by atoms with E-state index < -0.39 is 0 Å². The average molecular weight is 289 g/mol. The molecule has 0 fully saturated rings. The number of aliphatic hydroxyl groups excluding tert-OH is 1. The Labute approximate surface area is 124 Å². The molecule has 0 saturated carbocycles. The highest BCUT2D eigenvalue weighted by Crippen LogP contribution is 2.28. The number of thioether (sulfide) groups is 1. The summed E-state index contributed by atoms with van der Waals surface area (Å²) in [6, 6.07) is 13.8. The minimum Gasteiger partial charge on any atom is -0.457 e. The predicted molar refractivity (Wildman–Crippen MR) is 83.4 cm³/mol. The van der Waals surface area contributed by atoms with Crippen molar-refractivity contribution in [2.75, 3.05) is 13.3 Å². The van der Waals surface area contributed by atoms with E-state index in [0.717, 1.165) is 22.6 Å². The highest BCUT2D eigenvalue weighted by molar-refractivity contribution is 7.98. The zero-order chi connectivity index (χ0) is 14.4. The maximum Gasteiger partial charge on any atom is 0.131 e. The first kappa shape index (κ1) is 14.9. The predicted octanol–water partition coefficient (Wildman–Crippen LogP) is 3.41. The van der Waals surface area contributed by atoms with Gasteiger partial charge in [0.2, 0.25) is 0 Å². The Bertz CT molecular complexity index is 555. The van der Waals surface area contributed by atoms with Gasteiger partial charge in [0.1, 0.15) is 11.5 Å². The Kier molecular flexibility index (Phi) is 5.47. The second kappa shape index (κ2) is 7.33. The molecule has 0 atom stereocenters. The van der Waals surface area contributed by atoms with Gasteiger partial charge in [0.15, 0.2) is 0 Å². The van der Waals surface area contributed by atoms with Crippen LogP contribution in [0.1, 0.15) is 11.1 Å². The summed E-state index contributed by atoms with van der Waals surface area (Å²) in [5, 5.41) is 12.3. The van der Waals surface area contributed by atoms with E-state index in [1.807, 2.05) is 49.5 Å². The molecule has 2 aromatic carbocycles. The summed E-state index contributed by atoms with van der Waals surface area (Å²) in [7, 11) is 1.89. The van der Waals surface area contributed by atoms with Crippen molar-refractivity contribution in [3.05, 3.63) is 53.6 Å². The van der Waals surface area contributed by atoms with Crippen LogP contribution in [0.25, 0.3) is 0 Å². The fourth-order valence-electron chi connectivity index (χ4n) is 1.93. The summed E-state index contributed by atoms with van der Waals surface area (Å²) in [6.07, 6.45) is 2.05. The Morgan fingerprint density at radius 1 is 1.15 bits per heavy atom. The molecular formula is C16H19NO2S. The highest BCUT2D eigenvalue weighted by Gasteiger charge is 2.06. The molecule has 0 spiro atoms. The van der Waals surface area contributed by atoms with Crippen LogP contribution in [0, 0.1) is 0 Å². The van der Waals surface area contributed by atoms with Gasteiger partial charge in [-0.3, -0.25) is 0 Å². The van der Waals surface area contributed by atoms with Crippen molar-refractivity contribution < 1.29 is 9.84 Å². The van der Waals surface area contributed by atoms with Gasteiger partial charge < -0.3 is 15.2 Å². The van der Waals surface area contributed by atoms with Crippen molar-refractivity contribution in [2.24, 2.45) is 0 Å². The van der Waals surface area contributed by atoms with E-state index in [9.17, 15) is 5.11 Å². The number of aliphatic hydroxyl groups is 1. The van der Waals surface area contributed by atoms with E-state index in [4.69, 9.17) is 4.74 Å². The number of ether oxygens (including phenoxy) is 1. The van der Waals surface area contributed by atoms with Gasteiger partial charge in [-0.2, -0.15) is 0 Å². The van der Waals surface area contributed by atoms with Crippen LogP contribution in [-0.2, 0) is 13.2 Å². The van der Waals surface area contributed by atoms with E-state index >= 15 is 0 Å². The number of rotatable bonds is 6. The maximum absolute atomic E-state index is 9.21. The fraction of sp³-hybridized carbons (Fsp3) is 0.250. The van der Waals surface area contributed by atoms with E-state index in [-0.39, 0.29) is 6.61 Å². The molecule has 3 nitrogen and oxygen atoms in total. The second-order valence-electron chi connectivity index (χ2n) is 4.41. The minimum atomic E-state index is 0.0411. The van der Waals surface area contributed by atoms with Crippen LogP contribution in [0.5, 0.6) is 11.5 Å². The van der Waals surface area contributed by atoms with Crippen LogP contribution in [0.3, 0.4) is 0 Å². The van der Waals surface area contributed by atoms with Gasteiger partial charge in [0.05, 0.1) is 6.61 Å². The quantitative estimate of drug-likeness (QED) is 0.800. The van der Waals surface area contributed by atoms with Crippen LogP contribution in [0.15, 0.2) is 47.4 Å². The molecule has 0 heterocycles. The molecule has 0 amide bonds. The summed E-state index contributed by atoms with van der Waals surface area (Å²) in [5.74, 6) is 1.63. The van der Waals surface area contributed by atoms with Crippen molar-refractivity contribution >= 4 is 11.8 Å². The number of hydrogen-bond acceptors (Lipinski definition) is 4. The summed E-state index contributed by atoms with van der Waals surface area (Å²) in [4.78, 5) is 1.21. The SMILES string of the molecule is CNCc1cc(CO)ccc1Oc1ccc(SC)cc1.